The van der Waals surface area contributed by atoms with Crippen molar-refractivity contribution in [2.75, 3.05) is 0 Å². The van der Waals surface area contributed by atoms with E-state index >= 15 is 0 Å². The average molecular weight is 268 g/mol. The molecule has 0 spiro atoms. The van der Waals surface area contributed by atoms with Crippen LogP contribution in [0.1, 0.15) is 28.3 Å². The maximum atomic E-state index is 11.7. The molecule has 0 aliphatic carbocycles. The lowest BCUT2D eigenvalue weighted by atomic mass is 10.0. The van der Waals surface area contributed by atoms with E-state index in [9.17, 15) is 4.79 Å². The second-order valence-electron chi connectivity index (χ2n) is 5.05. The van der Waals surface area contributed by atoms with Crippen molar-refractivity contribution in [3.63, 3.8) is 0 Å². The third kappa shape index (κ3) is 3.45. The van der Waals surface area contributed by atoms with Crippen molar-refractivity contribution < 1.29 is 4.79 Å². The summed E-state index contributed by atoms with van der Waals surface area (Å²) in [6.45, 7) is 4.70. The molecule has 0 saturated carbocycles. The maximum Gasteiger partial charge on any atom is 0.239 e. The zero-order chi connectivity index (χ0) is 14.5. The summed E-state index contributed by atoms with van der Waals surface area (Å²) in [5.74, 6) is -0.357. The minimum Gasteiger partial charge on any atom is -0.368 e. The van der Waals surface area contributed by atoms with E-state index in [4.69, 9.17) is 5.73 Å². The number of hydrogen-bond acceptors (Lipinski definition) is 2. The fraction of sp³-hybridized carbons (Fsp3) is 0.235. The molecule has 3 heteroatoms. The van der Waals surface area contributed by atoms with Crippen LogP contribution < -0.4 is 11.1 Å². The second-order valence-corrected chi connectivity index (χ2v) is 5.05. The minimum atomic E-state index is -0.463. The quantitative estimate of drug-likeness (QED) is 0.875. The molecular formula is C17H20N2O. The van der Waals surface area contributed by atoms with Gasteiger partial charge in [-0.3, -0.25) is 10.1 Å². The molecule has 0 bridgehead atoms. The number of aryl methyl sites for hydroxylation is 2. The number of rotatable bonds is 5. The van der Waals surface area contributed by atoms with Gasteiger partial charge in [0.25, 0.3) is 0 Å². The maximum absolute atomic E-state index is 11.7. The molecule has 1 amide bonds. The molecule has 1 atom stereocenters. The molecule has 2 aromatic carbocycles. The number of benzene rings is 2. The smallest absolute Gasteiger partial charge is 0.239 e. The van der Waals surface area contributed by atoms with Crippen LogP contribution in [0.5, 0.6) is 0 Å². The Labute approximate surface area is 119 Å². The van der Waals surface area contributed by atoms with Gasteiger partial charge >= 0.3 is 0 Å². The molecule has 3 N–H and O–H groups in total. The van der Waals surface area contributed by atoms with Crippen LogP contribution in [0.4, 0.5) is 0 Å². The summed E-state index contributed by atoms with van der Waals surface area (Å²) < 4.78 is 0. The minimum absolute atomic E-state index is 0.357. The number of nitrogens with two attached hydrogens (primary N) is 1. The van der Waals surface area contributed by atoms with Crippen LogP contribution in [0.25, 0.3) is 0 Å². The molecule has 1 unspecified atom stereocenters. The Morgan fingerprint density at radius 1 is 1.10 bits per heavy atom. The van der Waals surface area contributed by atoms with Crippen molar-refractivity contribution in [2.24, 2.45) is 5.73 Å². The van der Waals surface area contributed by atoms with Crippen molar-refractivity contribution in [1.29, 1.82) is 0 Å². The summed E-state index contributed by atoms with van der Waals surface area (Å²) in [5, 5.41) is 3.22. The molecule has 0 saturated heterocycles. The number of hydrogen-bond donors (Lipinski definition) is 2. The normalized spacial score (nSPS) is 12.1. The van der Waals surface area contributed by atoms with Gasteiger partial charge in [-0.1, -0.05) is 48.5 Å². The number of primary amides is 1. The van der Waals surface area contributed by atoms with Gasteiger partial charge in [-0.25, -0.2) is 0 Å². The first-order valence-corrected chi connectivity index (χ1v) is 6.71. The van der Waals surface area contributed by atoms with Crippen LogP contribution in [-0.2, 0) is 11.3 Å². The predicted octanol–water partition coefficient (Wildman–Crippen LogP) is 2.62. The Balaban J connectivity index is 2.15. The molecule has 0 aromatic heterocycles. The van der Waals surface area contributed by atoms with Crippen LogP contribution >= 0.6 is 0 Å². The van der Waals surface area contributed by atoms with Crippen molar-refractivity contribution in [3.05, 3.63) is 70.8 Å². The SMILES string of the molecule is Cc1ccc(C(NCc2ccccc2)C(N)=O)cc1C. The lowest BCUT2D eigenvalue weighted by Gasteiger charge is -2.17. The van der Waals surface area contributed by atoms with Gasteiger partial charge in [0.2, 0.25) is 5.91 Å². The summed E-state index contributed by atoms with van der Waals surface area (Å²) in [6.07, 6.45) is 0. The standard InChI is InChI=1S/C17H20N2O/c1-12-8-9-15(10-13(12)2)16(17(18)20)19-11-14-6-4-3-5-7-14/h3-10,16,19H,11H2,1-2H3,(H2,18,20). The van der Waals surface area contributed by atoms with Crippen molar-refractivity contribution in [1.82, 2.24) is 5.32 Å². The zero-order valence-corrected chi connectivity index (χ0v) is 11.9. The number of carbonyl (C=O) groups excluding carboxylic acids is 1. The lowest BCUT2D eigenvalue weighted by Crippen LogP contribution is -2.33. The van der Waals surface area contributed by atoms with E-state index in [-0.39, 0.29) is 5.91 Å². The van der Waals surface area contributed by atoms with Gasteiger partial charge in [0.1, 0.15) is 6.04 Å². The molecule has 3 nitrogen and oxygen atoms in total. The highest BCUT2D eigenvalue weighted by Crippen LogP contribution is 2.17. The summed E-state index contributed by atoms with van der Waals surface area (Å²) in [7, 11) is 0. The average Bonchev–Trinajstić information content (AvgIpc) is 2.43. The number of amides is 1. The predicted molar refractivity (Wildman–Crippen MR) is 81.1 cm³/mol. The van der Waals surface area contributed by atoms with Gasteiger partial charge in [-0.2, -0.15) is 0 Å². The van der Waals surface area contributed by atoms with E-state index in [1.807, 2.05) is 55.5 Å². The van der Waals surface area contributed by atoms with Crippen LogP contribution in [0.2, 0.25) is 0 Å². The van der Waals surface area contributed by atoms with E-state index in [2.05, 4.69) is 12.2 Å². The molecule has 0 aliphatic heterocycles. The topological polar surface area (TPSA) is 55.1 Å². The molecule has 0 aliphatic rings. The van der Waals surface area contributed by atoms with Crippen LogP contribution in [0.15, 0.2) is 48.5 Å². The highest BCUT2D eigenvalue weighted by molar-refractivity contribution is 5.81. The summed E-state index contributed by atoms with van der Waals surface area (Å²) >= 11 is 0. The van der Waals surface area contributed by atoms with E-state index < -0.39 is 6.04 Å². The molecule has 2 aromatic rings. The van der Waals surface area contributed by atoms with Crippen molar-refractivity contribution in [2.45, 2.75) is 26.4 Å². The Morgan fingerprint density at radius 2 is 1.80 bits per heavy atom. The first-order chi connectivity index (χ1) is 9.58. The van der Waals surface area contributed by atoms with Gasteiger partial charge in [-0.15, -0.1) is 0 Å². The molecule has 2 rings (SSSR count). The fourth-order valence-electron chi connectivity index (χ4n) is 2.14. The van der Waals surface area contributed by atoms with Gasteiger partial charge in [0.05, 0.1) is 0 Å². The Kier molecular flexibility index (Phi) is 4.53. The van der Waals surface area contributed by atoms with Crippen molar-refractivity contribution >= 4 is 5.91 Å². The van der Waals surface area contributed by atoms with E-state index in [1.165, 1.54) is 5.56 Å². The van der Waals surface area contributed by atoms with E-state index in [0.29, 0.717) is 6.54 Å². The van der Waals surface area contributed by atoms with Gasteiger partial charge in [-0.05, 0) is 36.1 Å². The van der Waals surface area contributed by atoms with Gasteiger partial charge < -0.3 is 5.73 Å². The van der Waals surface area contributed by atoms with Gasteiger partial charge in [0, 0.05) is 6.54 Å². The third-order valence-corrected chi connectivity index (χ3v) is 3.50. The fourth-order valence-corrected chi connectivity index (χ4v) is 2.14. The second kappa shape index (κ2) is 6.35. The number of carbonyl (C=O) groups is 1. The van der Waals surface area contributed by atoms with Crippen LogP contribution in [0.3, 0.4) is 0 Å². The summed E-state index contributed by atoms with van der Waals surface area (Å²) in [4.78, 5) is 11.7. The van der Waals surface area contributed by atoms with Gasteiger partial charge in [0.15, 0.2) is 0 Å². The van der Waals surface area contributed by atoms with Crippen LogP contribution in [0, 0.1) is 13.8 Å². The Bertz CT molecular complexity index is 593. The molecular weight excluding hydrogens is 248 g/mol. The first kappa shape index (κ1) is 14.3. The third-order valence-electron chi connectivity index (χ3n) is 3.50. The largest absolute Gasteiger partial charge is 0.368 e. The molecule has 104 valence electrons. The monoisotopic (exact) mass is 268 g/mol. The highest BCUT2D eigenvalue weighted by Gasteiger charge is 2.17. The summed E-state index contributed by atoms with van der Waals surface area (Å²) in [6, 6.07) is 15.5. The number of nitrogens with one attached hydrogen (secondary N) is 1. The van der Waals surface area contributed by atoms with E-state index in [0.717, 1.165) is 16.7 Å². The summed E-state index contributed by atoms with van der Waals surface area (Å²) in [5.41, 5.74) is 9.93. The zero-order valence-electron chi connectivity index (χ0n) is 11.9. The molecule has 0 heterocycles. The Hall–Kier alpha value is -2.13. The molecule has 20 heavy (non-hydrogen) atoms. The Morgan fingerprint density at radius 3 is 2.40 bits per heavy atom. The van der Waals surface area contributed by atoms with Crippen molar-refractivity contribution in [3.8, 4) is 0 Å². The molecule has 0 radical (unpaired) electrons. The highest BCUT2D eigenvalue weighted by atomic mass is 16.1. The first-order valence-electron chi connectivity index (χ1n) is 6.71. The van der Waals surface area contributed by atoms with E-state index in [1.54, 1.807) is 0 Å². The lowest BCUT2D eigenvalue weighted by molar-refractivity contribution is -0.120. The van der Waals surface area contributed by atoms with Crippen LogP contribution in [-0.4, -0.2) is 5.91 Å². The molecule has 0 fully saturated rings.